The zero-order chi connectivity index (χ0) is 13.2. The largest absolute Gasteiger partial charge is 0.315 e. The molecule has 0 amide bonds. The van der Waals surface area contributed by atoms with E-state index in [1.54, 1.807) is 6.20 Å². The molecule has 0 saturated carbocycles. The summed E-state index contributed by atoms with van der Waals surface area (Å²) in [4.78, 5) is 5.31. The minimum absolute atomic E-state index is 0.254. The zero-order valence-electron chi connectivity index (χ0n) is 10.6. The highest BCUT2D eigenvalue weighted by atomic mass is 32.2. The van der Waals surface area contributed by atoms with Crippen LogP contribution in [0.25, 0.3) is 0 Å². The molecule has 0 bridgehead atoms. The summed E-state index contributed by atoms with van der Waals surface area (Å²) in [6, 6.07) is -0.254. The number of sulfonamides is 1. The van der Waals surface area contributed by atoms with Gasteiger partial charge >= 0.3 is 0 Å². The van der Waals surface area contributed by atoms with Gasteiger partial charge in [0.25, 0.3) is 0 Å². The maximum Gasteiger partial charge on any atom is 0.216 e. The summed E-state index contributed by atoms with van der Waals surface area (Å²) in [5, 5.41) is 3.62. The highest BCUT2D eigenvalue weighted by Gasteiger charge is 2.29. The van der Waals surface area contributed by atoms with Crippen molar-refractivity contribution in [2.45, 2.75) is 38.0 Å². The molecule has 1 aliphatic heterocycles. The molecular formula is C11H19N3O2S2. The molecule has 18 heavy (non-hydrogen) atoms. The number of piperidine rings is 1. The standard InChI is InChI=1S/C11H19N3O2S2/c1-8-6-13-11(17-8)9(2)14-18(15,16)10-4-3-5-12-7-10/h6,9-10,12,14H,3-5,7H2,1-2H3. The topological polar surface area (TPSA) is 71.1 Å². The Morgan fingerprint density at radius 3 is 2.94 bits per heavy atom. The second-order valence-corrected chi connectivity index (χ2v) is 7.92. The molecule has 1 fully saturated rings. The summed E-state index contributed by atoms with van der Waals surface area (Å²) >= 11 is 1.53. The number of thiazole rings is 1. The van der Waals surface area contributed by atoms with Crippen LogP contribution in [0, 0.1) is 6.92 Å². The van der Waals surface area contributed by atoms with Crippen molar-refractivity contribution in [1.29, 1.82) is 0 Å². The highest BCUT2D eigenvalue weighted by Crippen LogP contribution is 2.21. The van der Waals surface area contributed by atoms with Crippen molar-refractivity contribution in [1.82, 2.24) is 15.0 Å². The number of aromatic nitrogens is 1. The van der Waals surface area contributed by atoms with Crippen LogP contribution in [0.4, 0.5) is 0 Å². The molecule has 1 aromatic rings. The van der Waals surface area contributed by atoms with Crippen molar-refractivity contribution in [2.75, 3.05) is 13.1 Å². The summed E-state index contributed by atoms with van der Waals surface area (Å²) in [7, 11) is -3.27. The molecule has 0 aromatic carbocycles. The van der Waals surface area contributed by atoms with Gasteiger partial charge in [-0.2, -0.15) is 0 Å². The molecular weight excluding hydrogens is 270 g/mol. The van der Waals surface area contributed by atoms with Gasteiger partial charge in [-0.25, -0.2) is 18.1 Å². The van der Waals surface area contributed by atoms with E-state index in [4.69, 9.17) is 0 Å². The van der Waals surface area contributed by atoms with Crippen LogP contribution in [0.1, 0.15) is 35.7 Å². The molecule has 2 heterocycles. The molecule has 2 rings (SSSR count). The molecule has 5 nitrogen and oxygen atoms in total. The number of hydrogen-bond acceptors (Lipinski definition) is 5. The third-order valence-electron chi connectivity index (χ3n) is 3.04. The van der Waals surface area contributed by atoms with Gasteiger partial charge in [-0.05, 0) is 33.2 Å². The van der Waals surface area contributed by atoms with E-state index in [0.29, 0.717) is 6.54 Å². The maximum atomic E-state index is 12.2. The first kappa shape index (κ1) is 13.9. The van der Waals surface area contributed by atoms with Crippen LogP contribution < -0.4 is 10.0 Å². The van der Waals surface area contributed by atoms with Gasteiger partial charge < -0.3 is 5.32 Å². The van der Waals surface area contributed by atoms with Crippen LogP contribution in [0.3, 0.4) is 0 Å². The van der Waals surface area contributed by atoms with Crippen molar-refractivity contribution in [2.24, 2.45) is 0 Å². The van der Waals surface area contributed by atoms with Crippen molar-refractivity contribution < 1.29 is 8.42 Å². The molecule has 2 atom stereocenters. The number of aryl methyl sites for hydroxylation is 1. The third-order valence-corrected chi connectivity index (χ3v) is 6.10. The van der Waals surface area contributed by atoms with Crippen LogP contribution in [0.15, 0.2) is 6.20 Å². The Balaban J connectivity index is 2.03. The third kappa shape index (κ3) is 3.28. The monoisotopic (exact) mass is 289 g/mol. The van der Waals surface area contributed by atoms with Gasteiger partial charge in [-0.3, -0.25) is 0 Å². The first-order valence-corrected chi connectivity index (χ1v) is 8.49. The lowest BCUT2D eigenvalue weighted by atomic mass is 10.2. The van der Waals surface area contributed by atoms with Gasteiger partial charge in [0.2, 0.25) is 10.0 Å². The summed E-state index contributed by atoms with van der Waals surface area (Å²) < 4.78 is 27.1. The maximum absolute atomic E-state index is 12.2. The first-order valence-electron chi connectivity index (χ1n) is 6.13. The second kappa shape index (κ2) is 5.64. The fourth-order valence-electron chi connectivity index (χ4n) is 2.05. The van der Waals surface area contributed by atoms with Gasteiger partial charge in [0, 0.05) is 17.6 Å². The SMILES string of the molecule is Cc1cnc(C(C)NS(=O)(=O)C2CCCNC2)s1. The first-order chi connectivity index (χ1) is 8.49. The van der Waals surface area contributed by atoms with Crippen LogP contribution in [-0.2, 0) is 10.0 Å². The Morgan fingerprint density at radius 1 is 1.61 bits per heavy atom. The van der Waals surface area contributed by atoms with Crippen molar-refractivity contribution in [3.8, 4) is 0 Å². The van der Waals surface area contributed by atoms with Gasteiger partial charge in [-0.15, -0.1) is 11.3 Å². The van der Waals surface area contributed by atoms with Crippen LogP contribution >= 0.6 is 11.3 Å². The number of rotatable bonds is 4. The minimum atomic E-state index is -3.27. The van der Waals surface area contributed by atoms with Crippen LogP contribution in [0.5, 0.6) is 0 Å². The zero-order valence-corrected chi connectivity index (χ0v) is 12.3. The van der Waals surface area contributed by atoms with E-state index in [2.05, 4.69) is 15.0 Å². The normalized spacial score (nSPS) is 22.9. The molecule has 2 N–H and O–H groups in total. The van der Waals surface area contributed by atoms with E-state index in [-0.39, 0.29) is 11.3 Å². The van der Waals surface area contributed by atoms with Crippen molar-refractivity contribution in [3.63, 3.8) is 0 Å². The lowest BCUT2D eigenvalue weighted by Gasteiger charge is -2.24. The number of hydrogen-bond donors (Lipinski definition) is 2. The number of nitrogens with zero attached hydrogens (tertiary/aromatic N) is 1. The Hall–Kier alpha value is -0.500. The summed E-state index contributed by atoms with van der Waals surface area (Å²) in [6.07, 6.45) is 3.41. The van der Waals surface area contributed by atoms with Crippen LogP contribution in [0.2, 0.25) is 0 Å². The van der Waals surface area contributed by atoms with E-state index < -0.39 is 10.0 Å². The molecule has 2 unspecified atom stereocenters. The van der Waals surface area contributed by atoms with Gasteiger partial charge in [0.05, 0.1) is 11.3 Å². The average molecular weight is 289 g/mol. The number of nitrogens with one attached hydrogen (secondary N) is 2. The summed E-state index contributed by atoms with van der Waals surface area (Å²) in [5.74, 6) is 0. The lowest BCUT2D eigenvalue weighted by molar-refractivity contribution is 0.485. The fourth-order valence-corrected chi connectivity index (χ4v) is 4.51. The van der Waals surface area contributed by atoms with Gasteiger partial charge in [0.1, 0.15) is 5.01 Å². The van der Waals surface area contributed by atoms with Crippen molar-refractivity contribution >= 4 is 21.4 Å². The van der Waals surface area contributed by atoms with Gasteiger partial charge in [0.15, 0.2) is 0 Å². The molecule has 7 heteroatoms. The minimum Gasteiger partial charge on any atom is -0.315 e. The predicted molar refractivity (Wildman–Crippen MR) is 73.2 cm³/mol. The Morgan fingerprint density at radius 2 is 2.39 bits per heavy atom. The van der Waals surface area contributed by atoms with E-state index in [1.165, 1.54) is 11.3 Å². The summed E-state index contributed by atoms with van der Waals surface area (Å²) in [5.41, 5.74) is 0. The Labute approximate surface area is 112 Å². The molecule has 1 aromatic heterocycles. The van der Waals surface area contributed by atoms with E-state index >= 15 is 0 Å². The Kier molecular flexibility index (Phi) is 4.37. The lowest BCUT2D eigenvalue weighted by Crippen LogP contribution is -2.44. The molecule has 0 spiro atoms. The molecule has 1 aliphatic rings. The van der Waals surface area contributed by atoms with E-state index in [9.17, 15) is 8.42 Å². The molecule has 0 aliphatic carbocycles. The fraction of sp³-hybridized carbons (Fsp3) is 0.727. The second-order valence-electron chi connectivity index (χ2n) is 4.66. The molecule has 1 saturated heterocycles. The van der Waals surface area contributed by atoms with Crippen LogP contribution in [-0.4, -0.2) is 31.7 Å². The van der Waals surface area contributed by atoms with Gasteiger partial charge in [-0.1, -0.05) is 0 Å². The summed E-state index contributed by atoms with van der Waals surface area (Å²) in [6.45, 7) is 5.26. The highest BCUT2D eigenvalue weighted by molar-refractivity contribution is 7.90. The smallest absolute Gasteiger partial charge is 0.216 e. The van der Waals surface area contributed by atoms with E-state index in [1.807, 2.05) is 13.8 Å². The molecule has 0 radical (unpaired) electrons. The average Bonchev–Trinajstić information content (AvgIpc) is 2.77. The quantitative estimate of drug-likeness (QED) is 0.873. The Bertz CT molecular complexity index is 492. The van der Waals surface area contributed by atoms with Crippen molar-refractivity contribution in [3.05, 3.63) is 16.1 Å². The molecule has 102 valence electrons. The predicted octanol–water partition coefficient (Wildman–Crippen LogP) is 1.18. The van der Waals surface area contributed by atoms with E-state index in [0.717, 1.165) is 29.3 Å².